The van der Waals surface area contributed by atoms with Gasteiger partial charge in [0.15, 0.2) is 12.4 Å². The molecule has 0 aliphatic heterocycles. The van der Waals surface area contributed by atoms with Crippen LogP contribution < -0.4 is 4.74 Å². The standard InChI is InChI=1S/C14H17ClO4/c1-3-4-7-18-14(17)9-19-13-6-5-11(10(2)16)8-12(13)15/h5-6,8H,3-4,7,9H2,1-2H3. The normalized spacial score (nSPS) is 10.1. The van der Waals surface area contributed by atoms with Crippen LogP contribution in [0.1, 0.15) is 37.0 Å². The first-order chi connectivity index (χ1) is 9.04. The van der Waals surface area contributed by atoms with E-state index in [2.05, 4.69) is 0 Å². The Labute approximate surface area is 117 Å². The van der Waals surface area contributed by atoms with Crippen molar-refractivity contribution in [3.63, 3.8) is 0 Å². The van der Waals surface area contributed by atoms with E-state index in [1.165, 1.54) is 13.0 Å². The second kappa shape index (κ2) is 7.79. The Morgan fingerprint density at radius 2 is 2.05 bits per heavy atom. The third-order valence-electron chi connectivity index (χ3n) is 2.44. The molecule has 0 radical (unpaired) electrons. The molecule has 104 valence electrons. The van der Waals surface area contributed by atoms with Gasteiger partial charge in [0.25, 0.3) is 0 Å². The summed E-state index contributed by atoms with van der Waals surface area (Å²) < 4.78 is 10.2. The van der Waals surface area contributed by atoms with Gasteiger partial charge < -0.3 is 9.47 Å². The van der Waals surface area contributed by atoms with Crippen molar-refractivity contribution >= 4 is 23.4 Å². The van der Waals surface area contributed by atoms with E-state index in [4.69, 9.17) is 21.1 Å². The highest BCUT2D eigenvalue weighted by Crippen LogP contribution is 2.25. The number of carbonyl (C=O) groups excluding carboxylic acids is 2. The summed E-state index contributed by atoms with van der Waals surface area (Å²) in [4.78, 5) is 22.5. The topological polar surface area (TPSA) is 52.6 Å². The van der Waals surface area contributed by atoms with Crippen molar-refractivity contribution in [2.24, 2.45) is 0 Å². The number of hydrogen-bond acceptors (Lipinski definition) is 4. The van der Waals surface area contributed by atoms with Crippen LogP contribution in [0.2, 0.25) is 5.02 Å². The summed E-state index contributed by atoms with van der Waals surface area (Å²) in [5, 5.41) is 0.300. The van der Waals surface area contributed by atoms with E-state index in [0.29, 0.717) is 22.9 Å². The first-order valence-corrected chi connectivity index (χ1v) is 6.51. The predicted octanol–water partition coefficient (Wildman–Crippen LogP) is 3.26. The molecule has 0 N–H and O–H groups in total. The number of ketones is 1. The monoisotopic (exact) mass is 284 g/mol. The lowest BCUT2D eigenvalue weighted by molar-refractivity contribution is -0.146. The number of unbranched alkanes of at least 4 members (excludes halogenated alkanes) is 1. The molecule has 5 heteroatoms. The highest BCUT2D eigenvalue weighted by molar-refractivity contribution is 6.32. The zero-order chi connectivity index (χ0) is 14.3. The van der Waals surface area contributed by atoms with Gasteiger partial charge in [0.1, 0.15) is 5.75 Å². The molecule has 0 fully saturated rings. The van der Waals surface area contributed by atoms with Crippen LogP contribution in [0.15, 0.2) is 18.2 Å². The molecule has 0 saturated heterocycles. The van der Waals surface area contributed by atoms with Gasteiger partial charge >= 0.3 is 5.97 Å². The van der Waals surface area contributed by atoms with E-state index in [0.717, 1.165) is 12.8 Å². The summed E-state index contributed by atoms with van der Waals surface area (Å²) in [7, 11) is 0. The van der Waals surface area contributed by atoms with Crippen LogP contribution in [-0.2, 0) is 9.53 Å². The third-order valence-corrected chi connectivity index (χ3v) is 2.74. The third kappa shape index (κ3) is 5.30. The Bertz CT molecular complexity index is 457. The Hall–Kier alpha value is -1.55. The van der Waals surface area contributed by atoms with Gasteiger partial charge in [-0.15, -0.1) is 0 Å². The molecular weight excluding hydrogens is 268 g/mol. The fraction of sp³-hybridized carbons (Fsp3) is 0.429. The predicted molar refractivity (Wildman–Crippen MR) is 72.8 cm³/mol. The number of halogens is 1. The van der Waals surface area contributed by atoms with Crippen molar-refractivity contribution in [2.75, 3.05) is 13.2 Å². The van der Waals surface area contributed by atoms with Gasteiger partial charge in [-0.05, 0) is 31.5 Å². The number of ether oxygens (including phenoxy) is 2. The van der Waals surface area contributed by atoms with Crippen molar-refractivity contribution in [1.82, 2.24) is 0 Å². The van der Waals surface area contributed by atoms with E-state index in [9.17, 15) is 9.59 Å². The van der Waals surface area contributed by atoms with Crippen molar-refractivity contribution in [2.45, 2.75) is 26.7 Å². The van der Waals surface area contributed by atoms with E-state index in [1.54, 1.807) is 12.1 Å². The molecule has 0 unspecified atom stereocenters. The fourth-order valence-corrected chi connectivity index (χ4v) is 1.58. The maximum atomic E-state index is 11.3. The second-order valence-corrected chi connectivity index (χ2v) is 4.47. The van der Waals surface area contributed by atoms with Crippen molar-refractivity contribution in [1.29, 1.82) is 0 Å². The quantitative estimate of drug-likeness (QED) is 0.438. The summed E-state index contributed by atoms with van der Waals surface area (Å²) >= 11 is 5.95. The highest BCUT2D eigenvalue weighted by Gasteiger charge is 2.09. The average molecular weight is 285 g/mol. The molecule has 1 rings (SSSR count). The van der Waals surface area contributed by atoms with Crippen LogP contribution in [0.3, 0.4) is 0 Å². The molecule has 0 aromatic heterocycles. The first kappa shape index (κ1) is 15.5. The molecule has 0 atom stereocenters. The van der Waals surface area contributed by atoms with Gasteiger partial charge in [-0.1, -0.05) is 24.9 Å². The molecule has 0 aliphatic rings. The van der Waals surface area contributed by atoms with E-state index in [-0.39, 0.29) is 12.4 Å². The summed E-state index contributed by atoms with van der Waals surface area (Å²) in [6.07, 6.45) is 1.80. The molecule has 4 nitrogen and oxygen atoms in total. The largest absolute Gasteiger partial charge is 0.480 e. The Morgan fingerprint density at radius 3 is 2.63 bits per heavy atom. The highest BCUT2D eigenvalue weighted by atomic mass is 35.5. The first-order valence-electron chi connectivity index (χ1n) is 6.13. The Morgan fingerprint density at radius 1 is 1.32 bits per heavy atom. The van der Waals surface area contributed by atoms with Crippen LogP contribution in [0.4, 0.5) is 0 Å². The molecule has 1 aromatic rings. The van der Waals surface area contributed by atoms with Crippen LogP contribution in [0.5, 0.6) is 5.75 Å². The molecule has 0 saturated carbocycles. The maximum Gasteiger partial charge on any atom is 0.344 e. The summed E-state index contributed by atoms with van der Waals surface area (Å²) in [5.74, 6) is -0.147. The van der Waals surface area contributed by atoms with E-state index in [1.807, 2.05) is 6.92 Å². The van der Waals surface area contributed by atoms with Gasteiger partial charge in [0.05, 0.1) is 11.6 Å². The molecule has 0 heterocycles. The average Bonchev–Trinajstić information content (AvgIpc) is 2.37. The summed E-state index contributed by atoms with van der Waals surface area (Å²) in [5.41, 5.74) is 0.503. The summed E-state index contributed by atoms with van der Waals surface area (Å²) in [6.45, 7) is 3.68. The minimum absolute atomic E-state index is 0.0765. The molecule has 0 spiro atoms. The molecule has 0 aliphatic carbocycles. The van der Waals surface area contributed by atoms with Crippen molar-refractivity contribution < 1.29 is 19.1 Å². The van der Waals surface area contributed by atoms with Crippen LogP contribution in [0, 0.1) is 0 Å². The molecule has 1 aromatic carbocycles. The minimum atomic E-state index is -0.430. The fourth-order valence-electron chi connectivity index (χ4n) is 1.35. The number of carbonyl (C=O) groups is 2. The zero-order valence-corrected chi connectivity index (χ0v) is 11.8. The number of rotatable bonds is 7. The summed E-state index contributed by atoms with van der Waals surface area (Å²) in [6, 6.07) is 4.69. The molecule has 19 heavy (non-hydrogen) atoms. The molecular formula is C14H17ClO4. The van der Waals surface area contributed by atoms with Gasteiger partial charge in [0.2, 0.25) is 0 Å². The Kier molecular flexibility index (Phi) is 6.36. The number of esters is 1. The van der Waals surface area contributed by atoms with Crippen molar-refractivity contribution in [3.05, 3.63) is 28.8 Å². The smallest absolute Gasteiger partial charge is 0.344 e. The van der Waals surface area contributed by atoms with Gasteiger partial charge in [-0.2, -0.15) is 0 Å². The van der Waals surface area contributed by atoms with Gasteiger partial charge in [-0.25, -0.2) is 4.79 Å². The van der Waals surface area contributed by atoms with Crippen LogP contribution in [-0.4, -0.2) is 25.0 Å². The van der Waals surface area contributed by atoms with Crippen LogP contribution in [0.25, 0.3) is 0 Å². The van der Waals surface area contributed by atoms with Crippen molar-refractivity contribution in [3.8, 4) is 5.75 Å². The van der Waals surface area contributed by atoms with Crippen LogP contribution >= 0.6 is 11.6 Å². The lowest BCUT2D eigenvalue weighted by atomic mass is 10.1. The number of hydrogen-bond donors (Lipinski definition) is 0. The Balaban J connectivity index is 2.49. The molecule has 0 amide bonds. The minimum Gasteiger partial charge on any atom is -0.480 e. The number of benzene rings is 1. The van der Waals surface area contributed by atoms with E-state index < -0.39 is 5.97 Å². The second-order valence-electron chi connectivity index (χ2n) is 4.06. The SMILES string of the molecule is CCCCOC(=O)COc1ccc(C(C)=O)cc1Cl. The lowest BCUT2D eigenvalue weighted by Gasteiger charge is -2.08. The molecule has 0 bridgehead atoms. The lowest BCUT2D eigenvalue weighted by Crippen LogP contribution is -2.15. The van der Waals surface area contributed by atoms with E-state index >= 15 is 0 Å². The van der Waals surface area contributed by atoms with Gasteiger partial charge in [-0.3, -0.25) is 4.79 Å². The maximum absolute atomic E-state index is 11.3. The zero-order valence-electron chi connectivity index (χ0n) is 11.1. The number of Topliss-reactive ketones (excluding diaryl/α,β-unsaturated/α-hetero) is 1. The van der Waals surface area contributed by atoms with Gasteiger partial charge in [0, 0.05) is 5.56 Å².